The number of nitrogens with zero attached hydrogens (tertiary/aromatic N) is 3. The van der Waals surface area contributed by atoms with Crippen LogP contribution in [0.4, 0.5) is 5.69 Å². The summed E-state index contributed by atoms with van der Waals surface area (Å²) in [5.41, 5.74) is 8.20. The van der Waals surface area contributed by atoms with Gasteiger partial charge < -0.3 is 5.73 Å². The number of aromatic nitrogens is 3. The third-order valence-electron chi connectivity index (χ3n) is 2.68. The number of rotatable bonds is 2. The molecule has 3 aromatic rings. The summed E-state index contributed by atoms with van der Waals surface area (Å²) in [6, 6.07) is 11.7. The van der Waals surface area contributed by atoms with Crippen molar-refractivity contribution >= 4 is 22.9 Å². The van der Waals surface area contributed by atoms with Crippen molar-refractivity contribution < 1.29 is 0 Å². The number of hydrogen-bond acceptors (Lipinski definition) is 3. The second kappa shape index (κ2) is 4.31. The molecule has 0 radical (unpaired) electrons. The highest BCUT2D eigenvalue weighted by atomic mass is 35.5. The molecule has 0 aliphatic rings. The lowest BCUT2D eigenvalue weighted by Crippen LogP contribution is -1.93. The quantitative estimate of drug-likeness (QED) is 0.769. The number of benzene rings is 1. The Kier molecular flexibility index (Phi) is 2.64. The highest BCUT2D eigenvalue weighted by molar-refractivity contribution is 6.30. The van der Waals surface area contributed by atoms with Gasteiger partial charge in [0.25, 0.3) is 0 Å². The minimum Gasteiger partial charge on any atom is -0.396 e. The van der Waals surface area contributed by atoms with Crippen LogP contribution in [0, 0.1) is 0 Å². The first kappa shape index (κ1) is 11.0. The van der Waals surface area contributed by atoms with E-state index >= 15 is 0 Å². The molecular formula is C13H11ClN4. The highest BCUT2D eigenvalue weighted by Gasteiger charge is 2.08. The number of nitrogens with two attached hydrogens (primary N) is 1. The summed E-state index contributed by atoms with van der Waals surface area (Å²) >= 11 is 5.92. The molecule has 0 unspecified atom stereocenters. The second-order valence-electron chi connectivity index (χ2n) is 4.07. The molecule has 2 aromatic heterocycles. The van der Waals surface area contributed by atoms with E-state index in [1.54, 1.807) is 16.8 Å². The van der Waals surface area contributed by atoms with Crippen LogP contribution in [0.25, 0.3) is 5.65 Å². The Labute approximate surface area is 109 Å². The van der Waals surface area contributed by atoms with Crippen LogP contribution in [0.15, 0.2) is 42.6 Å². The lowest BCUT2D eigenvalue weighted by molar-refractivity contribution is 0.901. The molecule has 0 atom stereocenters. The molecular weight excluding hydrogens is 248 g/mol. The van der Waals surface area contributed by atoms with E-state index in [0.717, 1.165) is 11.4 Å². The predicted molar refractivity (Wildman–Crippen MR) is 71.7 cm³/mol. The minimum absolute atomic E-state index is 0.536. The van der Waals surface area contributed by atoms with Gasteiger partial charge in [-0.2, -0.15) is 5.10 Å². The van der Waals surface area contributed by atoms with Gasteiger partial charge in [-0.25, -0.2) is 9.50 Å². The topological polar surface area (TPSA) is 56.2 Å². The highest BCUT2D eigenvalue weighted by Crippen LogP contribution is 2.18. The number of halogens is 1. The largest absolute Gasteiger partial charge is 0.396 e. The van der Waals surface area contributed by atoms with Gasteiger partial charge in [0, 0.05) is 12.6 Å². The van der Waals surface area contributed by atoms with Crippen LogP contribution in [-0.4, -0.2) is 14.6 Å². The number of hydrogen-bond donors (Lipinski definition) is 1. The van der Waals surface area contributed by atoms with Crippen LogP contribution in [-0.2, 0) is 6.42 Å². The number of nitrogen functional groups attached to an aromatic ring is 1. The summed E-state index contributed by atoms with van der Waals surface area (Å²) in [4.78, 5) is 4.42. The molecule has 0 saturated heterocycles. The number of anilines is 1. The van der Waals surface area contributed by atoms with Crippen LogP contribution in [0.5, 0.6) is 0 Å². The summed E-state index contributed by atoms with van der Waals surface area (Å²) in [6.45, 7) is 0. The van der Waals surface area contributed by atoms with Gasteiger partial charge in [0.05, 0.1) is 10.7 Å². The molecule has 0 aliphatic heterocycles. The van der Waals surface area contributed by atoms with E-state index in [1.165, 1.54) is 0 Å². The van der Waals surface area contributed by atoms with Gasteiger partial charge in [0.1, 0.15) is 0 Å². The van der Waals surface area contributed by atoms with Crippen LogP contribution in [0.2, 0.25) is 5.02 Å². The molecule has 0 amide bonds. The number of fused-ring (bicyclic) bond motifs is 1. The van der Waals surface area contributed by atoms with Gasteiger partial charge >= 0.3 is 0 Å². The smallest absolute Gasteiger partial charge is 0.178 e. The molecule has 18 heavy (non-hydrogen) atoms. The first-order chi connectivity index (χ1) is 8.72. The average molecular weight is 259 g/mol. The molecule has 0 spiro atoms. The van der Waals surface area contributed by atoms with Gasteiger partial charge in [-0.15, -0.1) is 0 Å². The van der Waals surface area contributed by atoms with Crippen LogP contribution >= 0.6 is 11.6 Å². The Hall–Kier alpha value is -2.07. The van der Waals surface area contributed by atoms with Gasteiger partial charge in [-0.1, -0.05) is 41.9 Å². The van der Waals surface area contributed by atoms with Crippen LogP contribution in [0.3, 0.4) is 0 Å². The summed E-state index contributed by atoms with van der Waals surface area (Å²) in [7, 11) is 0. The Morgan fingerprint density at radius 1 is 1.22 bits per heavy atom. The standard InChI is InChI=1S/C13H11ClN4/c14-10-7-11(15)13-16-12(17-18(13)8-10)6-9-4-2-1-3-5-9/h1-5,7-8H,6,15H2. The van der Waals surface area contributed by atoms with Crippen molar-refractivity contribution in [2.75, 3.05) is 5.73 Å². The SMILES string of the molecule is Nc1cc(Cl)cn2nc(Cc3ccccc3)nc12. The number of pyridine rings is 1. The predicted octanol–water partition coefficient (Wildman–Crippen LogP) is 2.56. The molecule has 2 N–H and O–H groups in total. The van der Waals surface area contributed by atoms with Crippen molar-refractivity contribution in [1.82, 2.24) is 14.6 Å². The van der Waals surface area contributed by atoms with E-state index in [1.807, 2.05) is 30.3 Å². The fourth-order valence-corrected chi connectivity index (χ4v) is 2.08. The van der Waals surface area contributed by atoms with Crippen molar-refractivity contribution in [2.24, 2.45) is 0 Å². The third kappa shape index (κ3) is 2.02. The Morgan fingerprint density at radius 3 is 2.78 bits per heavy atom. The lowest BCUT2D eigenvalue weighted by atomic mass is 10.1. The molecule has 0 fully saturated rings. The first-order valence-corrected chi connectivity index (χ1v) is 5.94. The normalized spacial score (nSPS) is 10.9. The van der Waals surface area contributed by atoms with Crippen molar-refractivity contribution in [3.05, 3.63) is 59.0 Å². The maximum atomic E-state index is 5.92. The summed E-state index contributed by atoms with van der Waals surface area (Å²) in [6.07, 6.45) is 2.38. The first-order valence-electron chi connectivity index (χ1n) is 5.56. The summed E-state index contributed by atoms with van der Waals surface area (Å²) in [5, 5.41) is 4.92. The summed E-state index contributed by atoms with van der Waals surface area (Å²) in [5.74, 6) is 0.732. The van der Waals surface area contributed by atoms with Gasteiger partial charge in [-0.3, -0.25) is 0 Å². The monoisotopic (exact) mass is 258 g/mol. The van der Waals surface area contributed by atoms with E-state index in [9.17, 15) is 0 Å². The molecule has 5 heteroatoms. The van der Waals surface area contributed by atoms with Gasteiger partial charge in [0.15, 0.2) is 11.5 Å². The summed E-state index contributed by atoms with van der Waals surface area (Å²) < 4.78 is 1.62. The van der Waals surface area contributed by atoms with E-state index in [-0.39, 0.29) is 0 Å². The zero-order chi connectivity index (χ0) is 12.5. The lowest BCUT2D eigenvalue weighted by Gasteiger charge is -1.95. The van der Waals surface area contributed by atoms with Crippen LogP contribution < -0.4 is 5.73 Å². The zero-order valence-corrected chi connectivity index (χ0v) is 10.3. The van der Waals surface area contributed by atoms with Crippen molar-refractivity contribution in [1.29, 1.82) is 0 Å². The Balaban J connectivity index is 2.01. The molecule has 0 saturated carbocycles. The van der Waals surface area contributed by atoms with Crippen molar-refractivity contribution in [3.8, 4) is 0 Å². The molecule has 4 nitrogen and oxygen atoms in total. The molecule has 90 valence electrons. The van der Waals surface area contributed by atoms with Gasteiger partial charge in [-0.05, 0) is 11.6 Å². The van der Waals surface area contributed by atoms with Crippen molar-refractivity contribution in [2.45, 2.75) is 6.42 Å². The van der Waals surface area contributed by atoms with E-state index in [2.05, 4.69) is 10.1 Å². The minimum atomic E-state index is 0.536. The van der Waals surface area contributed by atoms with Crippen LogP contribution in [0.1, 0.15) is 11.4 Å². The van der Waals surface area contributed by atoms with Crippen molar-refractivity contribution in [3.63, 3.8) is 0 Å². The maximum Gasteiger partial charge on any atom is 0.178 e. The molecule has 0 bridgehead atoms. The fraction of sp³-hybridized carbons (Fsp3) is 0.0769. The third-order valence-corrected chi connectivity index (χ3v) is 2.88. The fourth-order valence-electron chi connectivity index (χ4n) is 1.87. The van der Waals surface area contributed by atoms with E-state index in [4.69, 9.17) is 17.3 Å². The average Bonchev–Trinajstić information content (AvgIpc) is 2.73. The maximum absolute atomic E-state index is 5.92. The molecule has 1 aromatic carbocycles. The van der Waals surface area contributed by atoms with E-state index in [0.29, 0.717) is 22.8 Å². The Morgan fingerprint density at radius 2 is 2.00 bits per heavy atom. The second-order valence-corrected chi connectivity index (χ2v) is 4.51. The molecule has 0 aliphatic carbocycles. The zero-order valence-electron chi connectivity index (χ0n) is 9.55. The molecule has 2 heterocycles. The molecule has 3 rings (SSSR count). The van der Waals surface area contributed by atoms with E-state index < -0.39 is 0 Å². The van der Waals surface area contributed by atoms with Gasteiger partial charge in [0.2, 0.25) is 0 Å². The Bertz CT molecular complexity index is 691.